The minimum absolute atomic E-state index is 0.0823. The van der Waals surface area contributed by atoms with Gasteiger partial charge in [-0.1, -0.05) is 19.6 Å². The number of anilines is 1. The summed E-state index contributed by atoms with van der Waals surface area (Å²) in [5.41, 5.74) is 8.34. The van der Waals surface area contributed by atoms with E-state index >= 15 is 0 Å². The molecule has 2 aromatic rings. The number of unbranched alkanes of at least 4 members (excludes halogenated alkanes) is 2. The van der Waals surface area contributed by atoms with Crippen LogP contribution in [0.5, 0.6) is 23.0 Å². The molecule has 304 valence electrons. The Morgan fingerprint density at radius 3 is 1.89 bits per heavy atom. The third-order valence-corrected chi connectivity index (χ3v) is 11.8. The Morgan fingerprint density at radius 1 is 0.786 bits per heavy atom. The molecule has 0 unspecified atom stereocenters. The SMILES string of the molecule is C=CCOC(=O)Cc1cc(OCCCCCOc2cc(N)c(C(=O)N3CC4(CC4)C[C@H]3COC(C)=O)cc2OC)c(OC)cc1C(=O)N1CC2(CC2)C[C@H]1CC. The van der Waals surface area contributed by atoms with Crippen LogP contribution in [-0.4, -0.2) is 99.4 Å². The van der Waals surface area contributed by atoms with Crippen LogP contribution in [0.2, 0.25) is 0 Å². The van der Waals surface area contributed by atoms with Gasteiger partial charge in [0.1, 0.15) is 13.2 Å². The van der Waals surface area contributed by atoms with Gasteiger partial charge in [0.2, 0.25) is 0 Å². The van der Waals surface area contributed by atoms with E-state index in [2.05, 4.69) is 13.5 Å². The van der Waals surface area contributed by atoms with Gasteiger partial charge in [-0.25, -0.2) is 0 Å². The molecule has 13 nitrogen and oxygen atoms in total. The van der Waals surface area contributed by atoms with Crippen LogP contribution in [0.15, 0.2) is 36.9 Å². The number of amides is 2. The van der Waals surface area contributed by atoms with E-state index in [1.54, 1.807) is 29.2 Å². The maximum atomic E-state index is 14.0. The number of nitrogens with zero attached hydrogens (tertiary/aromatic N) is 2. The lowest BCUT2D eigenvalue weighted by Crippen LogP contribution is -2.39. The summed E-state index contributed by atoms with van der Waals surface area (Å²) in [6, 6.07) is 6.65. The quantitative estimate of drug-likeness (QED) is 0.0756. The lowest BCUT2D eigenvalue weighted by atomic mass is 10.0. The van der Waals surface area contributed by atoms with Crippen molar-refractivity contribution < 1.29 is 47.6 Å². The van der Waals surface area contributed by atoms with Crippen LogP contribution in [0, 0.1) is 10.8 Å². The summed E-state index contributed by atoms with van der Waals surface area (Å²) in [4.78, 5) is 55.7. The number of nitrogens with two attached hydrogens (primary N) is 1. The van der Waals surface area contributed by atoms with Gasteiger partial charge in [-0.15, -0.1) is 0 Å². The summed E-state index contributed by atoms with van der Waals surface area (Å²) in [5, 5.41) is 0. The number of hydrogen-bond acceptors (Lipinski definition) is 11. The summed E-state index contributed by atoms with van der Waals surface area (Å²) in [6.45, 7) is 9.46. The Morgan fingerprint density at radius 2 is 1.34 bits per heavy atom. The first-order chi connectivity index (χ1) is 26.9. The molecule has 6 rings (SSSR count). The second-order valence-corrected chi connectivity index (χ2v) is 15.9. The predicted molar refractivity (Wildman–Crippen MR) is 209 cm³/mol. The highest BCUT2D eigenvalue weighted by atomic mass is 16.5. The zero-order valence-corrected chi connectivity index (χ0v) is 33.3. The maximum absolute atomic E-state index is 14.0. The molecule has 2 heterocycles. The smallest absolute Gasteiger partial charge is 0.310 e. The lowest BCUT2D eigenvalue weighted by molar-refractivity contribution is -0.142. The number of carbonyl (C=O) groups is 4. The van der Waals surface area contributed by atoms with E-state index in [-0.39, 0.29) is 66.0 Å². The second-order valence-electron chi connectivity index (χ2n) is 15.9. The minimum Gasteiger partial charge on any atom is -0.493 e. The number of rotatable bonds is 19. The van der Waals surface area contributed by atoms with Crippen LogP contribution in [0.25, 0.3) is 0 Å². The molecule has 56 heavy (non-hydrogen) atoms. The fourth-order valence-corrected chi connectivity index (χ4v) is 8.28. The van der Waals surface area contributed by atoms with Crippen molar-refractivity contribution >= 4 is 29.4 Å². The third kappa shape index (κ3) is 9.35. The van der Waals surface area contributed by atoms with Crippen molar-refractivity contribution in [2.45, 2.75) is 96.6 Å². The Labute approximate surface area is 329 Å². The number of hydrogen-bond donors (Lipinski definition) is 1. The van der Waals surface area contributed by atoms with Crippen LogP contribution in [0.4, 0.5) is 5.69 Å². The molecule has 0 aromatic heterocycles. The summed E-state index contributed by atoms with van der Waals surface area (Å²) < 4.78 is 34.1. The van der Waals surface area contributed by atoms with Gasteiger partial charge in [0.15, 0.2) is 23.0 Å². The van der Waals surface area contributed by atoms with Crippen molar-refractivity contribution in [2.75, 3.05) is 59.5 Å². The van der Waals surface area contributed by atoms with Gasteiger partial charge in [0.25, 0.3) is 11.8 Å². The van der Waals surface area contributed by atoms with Crippen molar-refractivity contribution in [3.05, 3.63) is 53.6 Å². The number of likely N-dealkylation sites (tertiary alicyclic amines) is 2. The van der Waals surface area contributed by atoms with Crippen LogP contribution in [0.1, 0.15) is 104 Å². The molecular weight excluding hydrogens is 718 g/mol. The molecule has 2 spiro atoms. The number of benzene rings is 2. The van der Waals surface area contributed by atoms with Gasteiger partial charge in [-0.3, -0.25) is 19.2 Å². The maximum Gasteiger partial charge on any atom is 0.310 e. The topological polar surface area (TPSA) is 156 Å². The molecule has 2 atom stereocenters. The highest BCUT2D eigenvalue weighted by molar-refractivity contribution is 6.00. The minimum atomic E-state index is -0.454. The van der Waals surface area contributed by atoms with E-state index in [0.717, 1.165) is 57.9 Å². The first-order valence-corrected chi connectivity index (χ1v) is 19.9. The third-order valence-electron chi connectivity index (χ3n) is 11.8. The van der Waals surface area contributed by atoms with Crippen LogP contribution in [-0.2, 0) is 25.5 Å². The molecule has 0 bridgehead atoms. The average Bonchev–Trinajstić information content (AvgIpc) is 4.05. The van der Waals surface area contributed by atoms with E-state index in [9.17, 15) is 19.2 Å². The fourth-order valence-electron chi connectivity index (χ4n) is 8.28. The van der Waals surface area contributed by atoms with Gasteiger partial charge < -0.3 is 44.0 Å². The fraction of sp³-hybridized carbons (Fsp3) is 0.581. The molecule has 0 radical (unpaired) electrons. The highest BCUT2D eigenvalue weighted by Gasteiger charge is 2.54. The van der Waals surface area contributed by atoms with E-state index in [4.69, 9.17) is 34.2 Å². The van der Waals surface area contributed by atoms with Crippen molar-refractivity contribution in [3.63, 3.8) is 0 Å². The highest BCUT2D eigenvalue weighted by Crippen LogP contribution is 2.56. The molecule has 2 aromatic carbocycles. The molecule has 2 aliphatic heterocycles. The Bertz CT molecular complexity index is 1800. The zero-order valence-electron chi connectivity index (χ0n) is 33.3. The molecule has 13 heteroatoms. The summed E-state index contributed by atoms with van der Waals surface area (Å²) in [5.74, 6) is 0.594. The Hall–Kier alpha value is -4.94. The molecule has 2 saturated carbocycles. The number of nitrogen functional groups attached to an aromatic ring is 1. The molecule has 2 saturated heterocycles. The Kier molecular flexibility index (Phi) is 12.7. The molecule has 4 aliphatic rings. The van der Waals surface area contributed by atoms with Crippen molar-refractivity contribution in [2.24, 2.45) is 10.8 Å². The zero-order chi connectivity index (χ0) is 40.0. The average molecular weight is 776 g/mol. The standard InChI is InChI=1S/C43H57N3O10/c1-6-15-55-39(48)19-29-18-37(35(51-4)20-32(29)40(49)45-26-42(11-12-42)23-30(45)7-2)53-16-9-8-10-17-54-38-22-34(44)33(21-36(38)52-5)41(50)46-27-43(13-14-43)24-31(46)25-56-28(3)47/h6,18,20-22,30-31H,1,7-17,19,23-27,44H2,2-5H3/t30-,31+/m1/s1. The molecule has 2 N–H and O–H groups in total. The normalized spacial score (nSPS) is 19.8. The summed E-state index contributed by atoms with van der Waals surface area (Å²) in [6.07, 6.45) is 10.7. The number of esters is 2. The summed E-state index contributed by atoms with van der Waals surface area (Å²) >= 11 is 0. The molecule has 2 amide bonds. The molecule has 4 fully saturated rings. The molecular formula is C43H57N3O10. The van der Waals surface area contributed by atoms with Gasteiger partial charge in [0.05, 0.1) is 45.5 Å². The number of ether oxygens (including phenoxy) is 6. The van der Waals surface area contributed by atoms with Crippen LogP contribution in [0.3, 0.4) is 0 Å². The first kappa shape index (κ1) is 40.7. The monoisotopic (exact) mass is 775 g/mol. The predicted octanol–water partition coefficient (Wildman–Crippen LogP) is 6.15. The van der Waals surface area contributed by atoms with Crippen LogP contribution < -0.4 is 24.7 Å². The largest absolute Gasteiger partial charge is 0.493 e. The van der Waals surface area contributed by atoms with Crippen molar-refractivity contribution in [1.29, 1.82) is 0 Å². The number of carbonyl (C=O) groups excluding carboxylic acids is 4. The van der Waals surface area contributed by atoms with E-state index in [1.807, 2.05) is 4.90 Å². The van der Waals surface area contributed by atoms with Gasteiger partial charge in [-0.05, 0) is 98.8 Å². The molecule has 2 aliphatic carbocycles. The van der Waals surface area contributed by atoms with Crippen molar-refractivity contribution in [1.82, 2.24) is 9.80 Å². The van der Waals surface area contributed by atoms with Gasteiger partial charge in [0, 0.05) is 43.4 Å². The van der Waals surface area contributed by atoms with Crippen molar-refractivity contribution in [3.8, 4) is 23.0 Å². The second kappa shape index (κ2) is 17.5. The number of methoxy groups -OCH3 is 2. The lowest BCUT2D eigenvalue weighted by Gasteiger charge is -2.25. The summed E-state index contributed by atoms with van der Waals surface area (Å²) in [7, 11) is 3.06. The van der Waals surface area contributed by atoms with Gasteiger partial charge in [-0.2, -0.15) is 0 Å². The van der Waals surface area contributed by atoms with E-state index < -0.39 is 5.97 Å². The first-order valence-electron chi connectivity index (χ1n) is 19.9. The van der Waals surface area contributed by atoms with Gasteiger partial charge >= 0.3 is 11.9 Å². The Balaban J connectivity index is 1.03. The van der Waals surface area contributed by atoms with E-state index in [0.29, 0.717) is 72.3 Å². The van der Waals surface area contributed by atoms with E-state index in [1.165, 1.54) is 27.2 Å². The van der Waals surface area contributed by atoms with Crippen LogP contribution >= 0.6 is 0 Å².